The highest BCUT2D eigenvalue weighted by molar-refractivity contribution is 5.94. The molecule has 1 N–H and O–H groups in total. The minimum atomic E-state index is -1.16. The fourth-order valence-electron chi connectivity index (χ4n) is 4.81. The highest BCUT2D eigenvalue weighted by atomic mass is 19.1. The molecule has 1 aliphatic heterocycles. The van der Waals surface area contributed by atoms with Crippen molar-refractivity contribution in [2.24, 2.45) is 5.92 Å². The third-order valence-electron chi connectivity index (χ3n) is 7.36. The number of aromatic nitrogens is 4. The summed E-state index contributed by atoms with van der Waals surface area (Å²) in [6.45, 7) is 1.45. The molecule has 2 aliphatic rings. The van der Waals surface area contributed by atoms with Crippen LogP contribution < -0.4 is 10.3 Å². The predicted octanol–water partition coefficient (Wildman–Crippen LogP) is 3.18. The molecule has 0 unspecified atom stereocenters. The van der Waals surface area contributed by atoms with E-state index in [0.717, 1.165) is 18.0 Å². The maximum Gasteiger partial charge on any atom is 0.264 e. The van der Waals surface area contributed by atoms with Crippen LogP contribution in [0.5, 0.6) is 5.75 Å². The SMILES string of the molecule is O=C(c1ccc(F)cc1)N1CCC(O)(Cn2cnc3c(cnn3-c3ccc(OCC4CC4)cc3)c2=O)CC1. The zero-order chi connectivity index (χ0) is 26.3. The summed E-state index contributed by atoms with van der Waals surface area (Å²) in [6.07, 6.45) is 6.00. The van der Waals surface area contributed by atoms with Crippen molar-refractivity contribution < 1.29 is 19.0 Å². The molecule has 0 atom stereocenters. The van der Waals surface area contributed by atoms with Crippen LogP contribution in [0.3, 0.4) is 0 Å². The molecular formula is C28H28FN5O4. The first-order valence-electron chi connectivity index (χ1n) is 12.8. The van der Waals surface area contributed by atoms with Crippen molar-refractivity contribution in [3.63, 3.8) is 0 Å². The maximum atomic E-state index is 13.2. The number of nitrogens with zero attached hydrogens (tertiary/aromatic N) is 5. The van der Waals surface area contributed by atoms with Gasteiger partial charge in [-0.25, -0.2) is 14.1 Å². The van der Waals surface area contributed by atoms with E-state index in [4.69, 9.17) is 4.74 Å². The van der Waals surface area contributed by atoms with Crippen LogP contribution in [0.4, 0.5) is 4.39 Å². The van der Waals surface area contributed by atoms with Gasteiger partial charge in [0.1, 0.15) is 23.3 Å². The Labute approximate surface area is 218 Å². The Bertz CT molecular complexity index is 1520. The van der Waals surface area contributed by atoms with E-state index in [9.17, 15) is 19.1 Å². The first kappa shape index (κ1) is 24.3. The van der Waals surface area contributed by atoms with Crippen molar-refractivity contribution in [2.75, 3.05) is 19.7 Å². The van der Waals surface area contributed by atoms with Gasteiger partial charge in [0.05, 0.1) is 30.6 Å². The summed E-state index contributed by atoms with van der Waals surface area (Å²) in [4.78, 5) is 32.1. The first-order chi connectivity index (χ1) is 18.4. The number of rotatable bonds is 7. The lowest BCUT2D eigenvalue weighted by Crippen LogP contribution is -2.49. The number of amides is 1. The Morgan fingerprint density at radius 1 is 1.08 bits per heavy atom. The van der Waals surface area contributed by atoms with Gasteiger partial charge in [0.2, 0.25) is 0 Å². The summed E-state index contributed by atoms with van der Waals surface area (Å²) < 4.78 is 22.0. The molecule has 4 aromatic rings. The maximum absolute atomic E-state index is 13.2. The Hall–Kier alpha value is -4.05. The van der Waals surface area contributed by atoms with E-state index in [2.05, 4.69) is 10.1 Å². The van der Waals surface area contributed by atoms with Crippen LogP contribution in [0.2, 0.25) is 0 Å². The first-order valence-corrected chi connectivity index (χ1v) is 12.8. The van der Waals surface area contributed by atoms with Crippen LogP contribution in [0, 0.1) is 11.7 Å². The molecule has 0 spiro atoms. The molecule has 3 heterocycles. The molecule has 2 fully saturated rings. The standard InChI is InChI=1S/C28H28FN5O4/c29-21-5-3-20(4-6-21)26(35)32-13-11-28(37,12-14-32)17-33-18-30-25-24(27(33)36)15-31-34(25)22-7-9-23(10-8-22)38-16-19-1-2-19/h3-10,15,18-19,37H,1-2,11-14,16-17H2. The number of fused-ring (bicyclic) bond motifs is 1. The van der Waals surface area contributed by atoms with Crippen molar-refractivity contribution in [2.45, 2.75) is 37.8 Å². The van der Waals surface area contributed by atoms with E-state index >= 15 is 0 Å². The molecule has 1 saturated carbocycles. The highest BCUT2D eigenvalue weighted by Crippen LogP contribution is 2.30. The van der Waals surface area contributed by atoms with Gasteiger partial charge >= 0.3 is 0 Å². The number of piperidine rings is 1. The fraction of sp³-hybridized carbons (Fsp3) is 0.357. The number of aliphatic hydroxyl groups is 1. The molecule has 1 saturated heterocycles. The van der Waals surface area contributed by atoms with Crippen LogP contribution >= 0.6 is 0 Å². The molecule has 1 aliphatic carbocycles. The summed E-state index contributed by atoms with van der Waals surface area (Å²) in [7, 11) is 0. The van der Waals surface area contributed by atoms with Crippen LogP contribution in [-0.2, 0) is 6.54 Å². The lowest BCUT2D eigenvalue weighted by molar-refractivity contribution is -0.0299. The third kappa shape index (κ3) is 4.91. The second-order valence-electron chi connectivity index (χ2n) is 10.2. The zero-order valence-electron chi connectivity index (χ0n) is 20.8. The second-order valence-corrected chi connectivity index (χ2v) is 10.2. The predicted molar refractivity (Wildman–Crippen MR) is 138 cm³/mol. The monoisotopic (exact) mass is 517 g/mol. The molecule has 0 radical (unpaired) electrons. The van der Waals surface area contributed by atoms with Gasteiger partial charge in [0.25, 0.3) is 11.5 Å². The van der Waals surface area contributed by atoms with Gasteiger partial charge in [-0.3, -0.25) is 14.2 Å². The highest BCUT2D eigenvalue weighted by Gasteiger charge is 2.35. The van der Waals surface area contributed by atoms with Gasteiger partial charge in [-0.05, 0) is 80.1 Å². The quantitative estimate of drug-likeness (QED) is 0.404. The van der Waals surface area contributed by atoms with Gasteiger partial charge < -0.3 is 14.7 Å². The molecule has 6 rings (SSSR count). The molecule has 0 bridgehead atoms. The number of likely N-dealkylation sites (tertiary alicyclic amines) is 1. The van der Waals surface area contributed by atoms with Gasteiger partial charge in [-0.2, -0.15) is 5.10 Å². The summed E-state index contributed by atoms with van der Waals surface area (Å²) in [6, 6.07) is 12.9. The number of hydrogen-bond acceptors (Lipinski definition) is 6. The largest absolute Gasteiger partial charge is 0.493 e. The van der Waals surface area contributed by atoms with E-state index in [1.807, 2.05) is 24.3 Å². The van der Waals surface area contributed by atoms with Crippen LogP contribution in [0.1, 0.15) is 36.0 Å². The Balaban J connectivity index is 1.14. The fourth-order valence-corrected chi connectivity index (χ4v) is 4.81. The Morgan fingerprint density at radius 3 is 2.47 bits per heavy atom. The topological polar surface area (TPSA) is 102 Å². The molecular weight excluding hydrogens is 489 g/mol. The normalized spacial score (nSPS) is 17.1. The minimum Gasteiger partial charge on any atom is -0.493 e. The van der Waals surface area contributed by atoms with E-state index in [1.54, 1.807) is 9.58 Å². The smallest absolute Gasteiger partial charge is 0.264 e. The second kappa shape index (κ2) is 9.68. The minimum absolute atomic E-state index is 0.0611. The summed E-state index contributed by atoms with van der Waals surface area (Å²) >= 11 is 0. The molecule has 2 aromatic carbocycles. The van der Waals surface area contributed by atoms with Crippen molar-refractivity contribution in [1.29, 1.82) is 0 Å². The zero-order valence-corrected chi connectivity index (χ0v) is 20.8. The van der Waals surface area contributed by atoms with E-state index in [1.165, 1.54) is 54.2 Å². The Morgan fingerprint density at radius 2 is 1.79 bits per heavy atom. The average molecular weight is 518 g/mol. The van der Waals surface area contributed by atoms with Gasteiger partial charge in [0.15, 0.2) is 5.65 Å². The van der Waals surface area contributed by atoms with Crippen LogP contribution in [-0.4, -0.2) is 60.5 Å². The van der Waals surface area contributed by atoms with Crippen molar-refractivity contribution >= 4 is 16.9 Å². The van der Waals surface area contributed by atoms with Crippen LogP contribution in [0.25, 0.3) is 16.7 Å². The number of carbonyl (C=O) groups is 1. The molecule has 196 valence electrons. The van der Waals surface area contributed by atoms with Crippen molar-refractivity contribution in [3.8, 4) is 11.4 Å². The summed E-state index contributed by atoms with van der Waals surface area (Å²) in [5, 5.41) is 15.9. The molecule has 38 heavy (non-hydrogen) atoms. The summed E-state index contributed by atoms with van der Waals surface area (Å²) in [5.74, 6) is 0.863. The van der Waals surface area contributed by atoms with Gasteiger partial charge in [-0.15, -0.1) is 0 Å². The number of hydrogen-bond donors (Lipinski definition) is 1. The number of halogens is 1. The van der Waals surface area contributed by atoms with Crippen molar-refractivity contribution in [1.82, 2.24) is 24.2 Å². The number of benzene rings is 2. The van der Waals surface area contributed by atoms with Crippen LogP contribution in [0.15, 0.2) is 65.8 Å². The number of ether oxygens (including phenoxy) is 1. The lowest BCUT2D eigenvalue weighted by atomic mass is 9.91. The van der Waals surface area contributed by atoms with Gasteiger partial charge in [0, 0.05) is 18.7 Å². The molecule has 10 heteroatoms. The molecule has 1 amide bonds. The molecule has 2 aromatic heterocycles. The van der Waals surface area contributed by atoms with E-state index in [-0.39, 0.29) is 18.0 Å². The van der Waals surface area contributed by atoms with Gasteiger partial charge in [-0.1, -0.05) is 0 Å². The van der Waals surface area contributed by atoms with E-state index < -0.39 is 11.4 Å². The average Bonchev–Trinajstić information content (AvgIpc) is 3.66. The summed E-state index contributed by atoms with van der Waals surface area (Å²) in [5.41, 5.74) is 0.152. The Kier molecular flexibility index (Phi) is 6.19. The lowest BCUT2D eigenvalue weighted by Gasteiger charge is -2.38. The van der Waals surface area contributed by atoms with Crippen molar-refractivity contribution in [3.05, 3.63) is 82.8 Å². The number of carbonyl (C=O) groups excluding carboxylic acids is 1. The van der Waals surface area contributed by atoms with E-state index in [0.29, 0.717) is 48.4 Å². The molecule has 9 nitrogen and oxygen atoms in total. The third-order valence-corrected chi connectivity index (χ3v) is 7.36.